The average Bonchev–Trinajstić information content (AvgIpc) is 2.26. The summed E-state index contributed by atoms with van der Waals surface area (Å²) in [6.07, 6.45) is 1.73. The molecular formula is C16H25NO2. The molecule has 19 heavy (non-hydrogen) atoms. The Bertz CT molecular complexity index is 456. The summed E-state index contributed by atoms with van der Waals surface area (Å²) < 4.78 is 5.13. The third-order valence-electron chi connectivity index (χ3n) is 2.93. The van der Waals surface area contributed by atoms with Crippen LogP contribution in [0.3, 0.4) is 0 Å². The molecule has 0 saturated heterocycles. The minimum absolute atomic E-state index is 0.0873. The number of phenolic OH excluding ortho intramolecular Hbond substituents is 1. The summed E-state index contributed by atoms with van der Waals surface area (Å²) in [6.45, 7) is 10.8. The second-order valence-electron chi connectivity index (χ2n) is 6.50. The third-order valence-corrected chi connectivity index (χ3v) is 2.93. The van der Waals surface area contributed by atoms with Crippen molar-refractivity contribution in [1.82, 2.24) is 0 Å². The van der Waals surface area contributed by atoms with Crippen LogP contribution < -0.4 is 0 Å². The van der Waals surface area contributed by atoms with Gasteiger partial charge < -0.3 is 9.84 Å². The Labute approximate surface area is 116 Å². The Morgan fingerprint density at radius 3 is 2.37 bits per heavy atom. The van der Waals surface area contributed by atoms with Crippen LogP contribution in [-0.4, -0.2) is 30.6 Å². The van der Waals surface area contributed by atoms with Crippen LogP contribution in [0.5, 0.6) is 5.75 Å². The summed E-state index contributed by atoms with van der Waals surface area (Å²) in [5.74, 6) is 0.312. The molecule has 0 amide bonds. The zero-order valence-electron chi connectivity index (χ0n) is 12.8. The van der Waals surface area contributed by atoms with E-state index in [2.05, 4.69) is 25.8 Å². The van der Waals surface area contributed by atoms with Crippen molar-refractivity contribution in [2.75, 3.05) is 13.7 Å². The molecule has 0 aliphatic rings. The molecule has 0 fully saturated rings. The Morgan fingerprint density at radius 2 is 1.84 bits per heavy atom. The van der Waals surface area contributed by atoms with Crippen LogP contribution in [0.4, 0.5) is 0 Å². The average molecular weight is 263 g/mol. The second kappa shape index (κ2) is 5.74. The molecule has 0 unspecified atom stereocenters. The lowest BCUT2D eigenvalue weighted by molar-refractivity contribution is 0.151. The molecule has 0 heterocycles. The number of hydrogen-bond acceptors (Lipinski definition) is 3. The number of aromatic hydroxyl groups is 1. The molecule has 0 aromatic heterocycles. The first-order valence-electron chi connectivity index (χ1n) is 6.54. The number of aliphatic imine (C=N–C) groups is 1. The molecule has 0 bridgehead atoms. The number of benzene rings is 1. The highest BCUT2D eigenvalue weighted by Gasteiger charge is 2.20. The summed E-state index contributed by atoms with van der Waals surface area (Å²) >= 11 is 0. The fourth-order valence-corrected chi connectivity index (χ4v) is 1.91. The molecular weight excluding hydrogens is 238 g/mol. The summed E-state index contributed by atoms with van der Waals surface area (Å²) in [6, 6.07) is 5.77. The molecule has 0 atom stereocenters. The lowest BCUT2D eigenvalue weighted by Gasteiger charge is -2.22. The number of rotatable bonds is 4. The summed E-state index contributed by atoms with van der Waals surface area (Å²) in [7, 11) is 1.66. The van der Waals surface area contributed by atoms with Gasteiger partial charge in [0, 0.05) is 18.9 Å². The quantitative estimate of drug-likeness (QED) is 0.844. The van der Waals surface area contributed by atoms with Gasteiger partial charge in [0.15, 0.2) is 0 Å². The van der Waals surface area contributed by atoms with E-state index < -0.39 is 0 Å². The summed E-state index contributed by atoms with van der Waals surface area (Å²) in [5, 5.41) is 10.3. The van der Waals surface area contributed by atoms with Crippen LogP contribution >= 0.6 is 0 Å². The molecule has 1 aromatic rings. The molecule has 0 radical (unpaired) electrons. The number of nitrogens with zero attached hydrogens (tertiary/aromatic N) is 1. The van der Waals surface area contributed by atoms with Gasteiger partial charge >= 0.3 is 0 Å². The first-order chi connectivity index (χ1) is 8.67. The Kier molecular flexibility index (Phi) is 4.75. The number of hydrogen-bond donors (Lipinski definition) is 1. The SMILES string of the molecule is COCC(C)(C)N=Cc1cccc(C(C)(C)C)c1O. The van der Waals surface area contributed by atoms with Gasteiger partial charge in [0.1, 0.15) is 5.75 Å². The maximum absolute atomic E-state index is 10.3. The molecule has 3 heteroatoms. The van der Waals surface area contributed by atoms with Crippen molar-refractivity contribution in [3.8, 4) is 5.75 Å². The molecule has 1 rings (SSSR count). The van der Waals surface area contributed by atoms with Crippen LogP contribution in [0, 0.1) is 0 Å². The van der Waals surface area contributed by atoms with Crippen LogP contribution in [0.25, 0.3) is 0 Å². The highest BCUT2D eigenvalue weighted by atomic mass is 16.5. The van der Waals surface area contributed by atoms with Gasteiger partial charge in [-0.3, -0.25) is 4.99 Å². The zero-order valence-corrected chi connectivity index (χ0v) is 12.8. The van der Waals surface area contributed by atoms with Crippen LogP contribution in [-0.2, 0) is 10.2 Å². The van der Waals surface area contributed by atoms with E-state index in [4.69, 9.17) is 4.74 Å². The second-order valence-corrected chi connectivity index (χ2v) is 6.50. The largest absolute Gasteiger partial charge is 0.507 e. The van der Waals surface area contributed by atoms with E-state index in [0.29, 0.717) is 12.4 Å². The van der Waals surface area contributed by atoms with Crippen LogP contribution in [0.15, 0.2) is 23.2 Å². The smallest absolute Gasteiger partial charge is 0.128 e. The first kappa shape index (κ1) is 15.7. The van der Waals surface area contributed by atoms with E-state index in [0.717, 1.165) is 11.1 Å². The predicted octanol–water partition coefficient (Wildman–Crippen LogP) is 3.53. The lowest BCUT2D eigenvalue weighted by atomic mass is 9.85. The molecule has 1 N–H and O–H groups in total. The van der Waals surface area contributed by atoms with Crippen molar-refractivity contribution >= 4 is 6.21 Å². The van der Waals surface area contributed by atoms with E-state index in [1.54, 1.807) is 13.3 Å². The lowest BCUT2D eigenvalue weighted by Crippen LogP contribution is -2.23. The van der Waals surface area contributed by atoms with Gasteiger partial charge in [-0.15, -0.1) is 0 Å². The van der Waals surface area contributed by atoms with Gasteiger partial charge in [0.05, 0.1) is 12.1 Å². The van der Waals surface area contributed by atoms with Crippen molar-refractivity contribution in [1.29, 1.82) is 0 Å². The van der Waals surface area contributed by atoms with Gasteiger partial charge in [0.2, 0.25) is 0 Å². The van der Waals surface area contributed by atoms with Gasteiger partial charge in [-0.05, 0) is 30.9 Å². The third kappa shape index (κ3) is 4.35. The van der Waals surface area contributed by atoms with Crippen molar-refractivity contribution in [3.05, 3.63) is 29.3 Å². The van der Waals surface area contributed by atoms with Gasteiger partial charge in [0.25, 0.3) is 0 Å². The molecule has 106 valence electrons. The first-order valence-corrected chi connectivity index (χ1v) is 6.54. The minimum atomic E-state index is -0.293. The molecule has 0 aliphatic heterocycles. The number of ether oxygens (including phenoxy) is 1. The van der Waals surface area contributed by atoms with Gasteiger partial charge in [-0.25, -0.2) is 0 Å². The monoisotopic (exact) mass is 263 g/mol. The zero-order chi connectivity index (χ0) is 14.7. The Morgan fingerprint density at radius 1 is 1.21 bits per heavy atom. The minimum Gasteiger partial charge on any atom is -0.507 e. The summed E-state index contributed by atoms with van der Waals surface area (Å²) in [5.41, 5.74) is 1.30. The fourth-order valence-electron chi connectivity index (χ4n) is 1.91. The maximum atomic E-state index is 10.3. The molecule has 3 nitrogen and oxygen atoms in total. The highest BCUT2D eigenvalue weighted by Crippen LogP contribution is 2.32. The van der Waals surface area contributed by atoms with Crippen molar-refractivity contribution < 1.29 is 9.84 Å². The number of phenols is 1. The predicted molar refractivity (Wildman–Crippen MR) is 80.4 cm³/mol. The van der Waals surface area contributed by atoms with E-state index in [1.165, 1.54) is 0 Å². The molecule has 1 aromatic carbocycles. The maximum Gasteiger partial charge on any atom is 0.128 e. The fraction of sp³-hybridized carbons (Fsp3) is 0.562. The normalized spacial score (nSPS) is 13.2. The van der Waals surface area contributed by atoms with Crippen molar-refractivity contribution in [3.63, 3.8) is 0 Å². The molecule has 0 saturated carbocycles. The van der Waals surface area contributed by atoms with Crippen molar-refractivity contribution in [2.45, 2.75) is 45.6 Å². The highest BCUT2D eigenvalue weighted by molar-refractivity contribution is 5.84. The van der Waals surface area contributed by atoms with Gasteiger partial charge in [-0.1, -0.05) is 32.9 Å². The van der Waals surface area contributed by atoms with E-state index in [1.807, 2.05) is 32.0 Å². The standard InChI is InChI=1S/C16H25NO2/c1-15(2,3)13-9-7-8-12(14(13)18)10-17-16(4,5)11-19-6/h7-10,18H,11H2,1-6H3. The van der Waals surface area contributed by atoms with Crippen LogP contribution in [0.1, 0.15) is 45.7 Å². The molecule has 0 spiro atoms. The number of para-hydroxylation sites is 1. The topological polar surface area (TPSA) is 41.8 Å². The van der Waals surface area contributed by atoms with E-state index in [9.17, 15) is 5.11 Å². The van der Waals surface area contributed by atoms with E-state index >= 15 is 0 Å². The van der Waals surface area contributed by atoms with Crippen LogP contribution in [0.2, 0.25) is 0 Å². The van der Waals surface area contributed by atoms with Gasteiger partial charge in [-0.2, -0.15) is 0 Å². The van der Waals surface area contributed by atoms with Crippen molar-refractivity contribution in [2.24, 2.45) is 4.99 Å². The molecule has 0 aliphatic carbocycles. The Balaban J connectivity index is 3.07. The van der Waals surface area contributed by atoms with E-state index in [-0.39, 0.29) is 11.0 Å². The summed E-state index contributed by atoms with van der Waals surface area (Å²) in [4.78, 5) is 4.49. The Hall–Kier alpha value is -1.35. The number of methoxy groups -OCH3 is 1.